The van der Waals surface area contributed by atoms with Gasteiger partial charge < -0.3 is 10.1 Å². The fourth-order valence-corrected chi connectivity index (χ4v) is 7.85. The van der Waals surface area contributed by atoms with E-state index in [1.807, 2.05) is 6.92 Å². The zero-order valence-corrected chi connectivity index (χ0v) is 9.84. The molecule has 14 heavy (non-hydrogen) atoms. The van der Waals surface area contributed by atoms with Crippen LogP contribution in [0, 0.1) is 0 Å². The lowest BCUT2D eigenvalue weighted by molar-refractivity contribution is -0.144. The van der Waals surface area contributed by atoms with Gasteiger partial charge in [-0.3, -0.25) is 4.79 Å². The molecule has 1 N–H and O–H groups in total. The smallest absolute Gasteiger partial charge is 0.322 e. The predicted octanol–water partition coefficient (Wildman–Crippen LogP) is 1.30. The first-order valence-corrected chi connectivity index (χ1v) is 8.49. The summed E-state index contributed by atoms with van der Waals surface area (Å²) in [5.74, 6) is -0.0243. The Morgan fingerprint density at radius 3 is 2.86 bits per heavy atom. The van der Waals surface area contributed by atoms with Crippen LogP contribution in [0.1, 0.15) is 19.8 Å². The summed E-state index contributed by atoms with van der Waals surface area (Å²) < 4.78 is 5.05. The summed E-state index contributed by atoms with van der Waals surface area (Å²) in [6.45, 7) is 2.38. The zero-order chi connectivity index (χ0) is 10.0. The fraction of sp³-hybridized carbons (Fsp3) is 0.900. The van der Waals surface area contributed by atoms with Crippen molar-refractivity contribution in [2.45, 2.75) is 43.9 Å². The molecule has 2 saturated heterocycles. The lowest BCUT2D eigenvalue weighted by Crippen LogP contribution is -2.33. The third-order valence-corrected chi connectivity index (χ3v) is 8.65. The summed E-state index contributed by atoms with van der Waals surface area (Å²) in [6.07, 6.45) is 3.93. The molecular formula is C10H19NO2Si. The molecule has 0 unspecified atom stereocenters. The van der Waals surface area contributed by atoms with Crippen LogP contribution in [-0.2, 0) is 9.53 Å². The standard InChI is InChI=1S/C10H19NO2Si/c1-2-13-10(12)9-7-14(8-11-9)5-3-4-6-14/h9,11H,2-8H2,1H3/t9-/m1/s1. The highest BCUT2D eigenvalue weighted by Gasteiger charge is 2.45. The van der Waals surface area contributed by atoms with Crippen LogP contribution in [0.3, 0.4) is 0 Å². The maximum Gasteiger partial charge on any atom is 0.322 e. The molecule has 4 heteroatoms. The quantitative estimate of drug-likeness (QED) is 0.555. The largest absolute Gasteiger partial charge is 0.465 e. The van der Waals surface area contributed by atoms with Gasteiger partial charge in [-0.15, -0.1) is 0 Å². The van der Waals surface area contributed by atoms with Crippen molar-refractivity contribution < 1.29 is 9.53 Å². The number of carbonyl (C=O) groups is 1. The first-order valence-electron chi connectivity index (χ1n) is 5.66. The van der Waals surface area contributed by atoms with E-state index in [-0.39, 0.29) is 12.0 Å². The van der Waals surface area contributed by atoms with Crippen molar-refractivity contribution in [2.75, 3.05) is 12.8 Å². The molecule has 2 fully saturated rings. The van der Waals surface area contributed by atoms with Gasteiger partial charge in [0.25, 0.3) is 0 Å². The highest BCUT2D eigenvalue weighted by atomic mass is 28.3. The summed E-state index contributed by atoms with van der Waals surface area (Å²) >= 11 is 0. The van der Waals surface area contributed by atoms with Crippen molar-refractivity contribution >= 4 is 14.0 Å². The van der Waals surface area contributed by atoms with Crippen LogP contribution in [0.15, 0.2) is 0 Å². The molecule has 0 saturated carbocycles. The number of esters is 1. The average Bonchev–Trinajstić information content (AvgIpc) is 2.78. The van der Waals surface area contributed by atoms with E-state index >= 15 is 0 Å². The van der Waals surface area contributed by atoms with Gasteiger partial charge in [-0.2, -0.15) is 0 Å². The van der Waals surface area contributed by atoms with Gasteiger partial charge in [-0.1, -0.05) is 24.9 Å². The number of rotatable bonds is 2. The van der Waals surface area contributed by atoms with E-state index in [2.05, 4.69) is 5.32 Å². The van der Waals surface area contributed by atoms with Crippen molar-refractivity contribution in [1.82, 2.24) is 5.32 Å². The maximum absolute atomic E-state index is 11.5. The molecule has 1 spiro atoms. The molecule has 3 nitrogen and oxygen atoms in total. The Hall–Kier alpha value is -0.353. The van der Waals surface area contributed by atoms with Gasteiger partial charge in [0.1, 0.15) is 6.04 Å². The lowest BCUT2D eigenvalue weighted by atomic mass is 10.3. The van der Waals surface area contributed by atoms with Crippen molar-refractivity contribution in [3.63, 3.8) is 0 Å². The molecule has 2 aliphatic heterocycles. The molecule has 1 atom stereocenters. The minimum absolute atomic E-state index is 0.0243. The van der Waals surface area contributed by atoms with Crippen LogP contribution in [0.25, 0.3) is 0 Å². The molecule has 2 heterocycles. The van der Waals surface area contributed by atoms with Crippen LogP contribution in [-0.4, -0.2) is 32.9 Å². The third-order valence-electron chi connectivity index (χ3n) is 3.60. The molecule has 80 valence electrons. The molecule has 0 aromatic heterocycles. The van der Waals surface area contributed by atoms with Gasteiger partial charge in [-0.25, -0.2) is 0 Å². The summed E-state index contributed by atoms with van der Waals surface area (Å²) in [6, 6.07) is 4.01. The van der Waals surface area contributed by atoms with Crippen molar-refractivity contribution in [3.8, 4) is 0 Å². The summed E-state index contributed by atoms with van der Waals surface area (Å²) in [4.78, 5) is 11.5. The van der Waals surface area contributed by atoms with Gasteiger partial charge in [-0.05, 0) is 19.1 Å². The number of carbonyl (C=O) groups excluding carboxylic acids is 1. The van der Waals surface area contributed by atoms with Gasteiger partial charge >= 0.3 is 5.97 Å². The Balaban J connectivity index is 1.90. The van der Waals surface area contributed by atoms with Gasteiger partial charge in [0.05, 0.1) is 14.7 Å². The Morgan fingerprint density at radius 2 is 2.21 bits per heavy atom. The first kappa shape index (κ1) is 10.2. The highest BCUT2D eigenvalue weighted by Crippen LogP contribution is 2.37. The van der Waals surface area contributed by atoms with Gasteiger partial charge in [0, 0.05) is 0 Å². The maximum atomic E-state index is 11.5. The molecule has 2 aliphatic rings. The molecule has 0 aromatic carbocycles. The SMILES string of the molecule is CCOC(=O)[C@H]1C[Si]2(CCCC2)CN1. The van der Waals surface area contributed by atoms with Crippen LogP contribution >= 0.6 is 0 Å². The third kappa shape index (κ3) is 1.86. The Labute approximate surface area is 86.2 Å². The van der Waals surface area contributed by atoms with Crippen molar-refractivity contribution in [2.24, 2.45) is 0 Å². The Morgan fingerprint density at radius 1 is 1.50 bits per heavy atom. The summed E-state index contributed by atoms with van der Waals surface area (Å²) in [5.41, 5.74) is 0. The average molecular weight is 213 g/mol. The molecule has 0 radical (unpaired) electrons. The van der Waals surface area contributed by atoms with E-state index in [0.29, 0.717) is 6.61 Å². The summed E-state index contributed by atoms with van der Waals surface area (Å²) in [7, 11) is -1.04. The van der Waals surface area contributed by atoms with Crippen LogP contribution in [0.5, 0.6) is 0 Å². The number of nitrogens with one attached hydrogen (secondary N) is 1. The lowest BCUT2D eigenvalue weighted by Gasteiger charge is -2.17. The van der Waals surface area contributed by atoms with Gasteiger partial charge in [0.2, 0.25) is 0 Å². The highest BCUT2D eigenvalue weighted by molar-refractivity contribution is 6.81. The molecule has 0 aliphatic carbocycles. The van der Waals surface area contributed by atoms with Crippen molar-refractivity contribution in [3.05, 3.63) is 0 Å². The Kier molecular flexibility index (Phi) is 2.92. The minimum Gasteiger partial charge on any atom is -0.465 e. The van der Waals surface area contributed by atoms with Gasteiger partial charge in [0.15, 0.2) is 0 Å². The Bertz CT molecular complexity index is 226. The summed E-state index contributed by atoms with van der Waals surface area (Å²) in [5, 5.41) is 3.36. The molecule has 0 bridgehead atoms. The van der Waals surface area contributed by atoms with E-state index < -0.39 is 8.07 Å². The normalized spacial score (nSPS) is 29.6. The van der Waals surface area contributed by atoms with Crippen LogP contribution in [0.4, 0.5) is 0 Å². The second-order valence-electron chi connectivity index (χ2n) is 4.60. The monoisotopic (exact) mass is 213 g/mol. The topological polar surface area (TPSA) is 38.3 Å². The van der Waals surface area contributed by atoms with Crippen LogP contribution in [0.2, 0.25) is 18.1 Å². The second kappa shape index (κ2) is 4.02. The van der Waals surface area contributed by atoms with E-state index in [9.17, 15) is 4.79 Å². The molecule has 2 rings (SSSR count). The minimum atomic E-state index is -1.04. The molecule has 0 amide bonds. The van der Waals surface area contributed by atoms with E-state index in [1.54, 1.807) is 0 Å². The van der Waals surface area contributed by atoms with E-state index in [1.165, 1.54) is 24.9 Å². The second-order valence-corrected chi connectivity index (χ2v) is 9.36. The van der Waals surface area contributed by atoms with Crippen LogP contribution < -0.4 is 5.32 Å². The zero-order valence-electron chi connectivity index (χ0n) is 8.84. The molecular weight excluding hydrogens is 194 g/mol. The van der Waals surface area contributed by atoms with Crippen molar-refractivity contribution in [1.29, 1.82) is 0 Å². The molecule has 0 aromatic rings. The number of hydrogen-bond donors (Lipinski definition) is 1. The fourth-order valence-electron chi connectivity index (χ4n) is 2.83. The number of ether oxygens (including phenoxy) is 1. The first-order chi connectivity index (χ1) is 6.76. The number of hydrogen-bond acceptors (Lipinski definition) is 3. The predicted molar refractivity (Wildman–Crippen MR) is 57.8 cm³/mol. The van der Waals surface area contributed by atoms with E-state index in [4.69, 9.17) is 4.74 Å². The van der Waals surface area contributed by atoms with E-state index in [0.717, 1.165) is 12.2 Å².